The highest BCUT2D eigenvalue weighted by Crippen LogP contribution is 2.21. The van der Waals surface area contributed by atoms with Crippen molar-refractivity contribution in [2.24, 2.45) is 0 Å². The molecule has 0 bridgehead atoms. The zero-order valence-electron chi connectivity index (χ0n) is 9.38. The number of hydrogen-bond acceptors (Lipinski definition) is 3. The normalized spacial score (nSPS) is 10.4. The summed E-state index contributed by atoms with van der Waals surface area (Å²) in [5, 5.41) is 6.92. The van der Waals surface area contributed by atoms with Crippen LogP contribution < -0.4 is 10.6 Å². The van der Waals surface area contributed by atoms with E-state index in [4.69, 9.17) is 0 Å². The first-order valence-electron chi connectivity index (χ1n) is 4.52. The Labute approximate surface area is 101 Å². The molecule has 1 aromatic heterocycles. The Morgan fingerprint density at radius 2 is 1.93 bits per heavy atom. The first kappa shape index (κ1) is 14.3. The van der Waals surface area contributed by atoms with E-state index in [0.717, 1.165) is 9.88 Å². The molecule has 15 heavy (non-hydrogen) atoms. The number of rotatable bonds is 2. The summed E-state index contributed by atoms with van der Waals surface area (Å²) in [5.41, 5.74) is -0.180. The minimum Gasteiger partial charge on any atom is -0.380 e. The third-order valence-electron chi connectivity index (χ3n) is 1.56. The fourth-order valence-corrected chi connectivity index (χ4v) is 1.75. The molecule has 0 unspecified atom stereocenters. The summed E-state index contributed by atoms with van der Waals surface area (Å²) < 4.78 is 0. The van der Waals surface area contributed by atoms with Crippen molar-refractivity contribution in [3.8, 4) is 0 Å². The van der Waals surface area contributed by atoms with E-state index >= 15 is 0 Å². The standard InChI is InChI=1S/C10H16N2OS.ClH/c1-10(2,3)12-9(13)7-5-6-8(11-4)14-7;/h5-6,11H,1-4H3,(H,12,13);1H. The van der Waals surface area contributed by atoms with Gasteiger partial charge >= 0.3 is 0 Å². The van der Waals surface area contributed by atoms with Crippen LogP contribution in [0.2, 0.25) is 0 Å². The van der Waals surface area contributed by atoms with Crippen molar-refractivity contribution in [1.82, 2.24) is 5.32 Å². The van der Waals surface area contributed by atoms with Crippen LogP contribution in [0.4, 0.5) is 5.00 Å². The van der Waals surface area contributed by atoms with Crippen LogP contribution in [0.15, 0.2) is 12.1 Å². The van der Waals surface area contributed by atoms with Gasteiger partial charge in [0.1, 0.15) is 0 Å². The van der Waals surface area contributed by atoms with Crippen molar-refractivity contribution in [3.05, 3.63) is 17.0 Å². The minimum atomic E-state index is -0.180. The summed E-state index contributed by atoms with van der Waals surface area (Å²) in [6, 6.07) is 3.74. The summed E-state index contributed by atoms with van der Waals surface area (Å²) in [5.74, 6) is -0.0102. The highest BCUT2D eigenvalue weighted by molar-refractivity contribution is 7.17. The number of anilines is 1. The lowest BCUT2D eigenvalue weighted by Crippen LogP contribution is -2.40. The van der Waals surface area contributed by atoms with Gasteiger partial charge in [0, 0.05) is 12.6 Å². The smallest absolute Gasteiger partial charge is 0.261 e. The fourth-order valence-electron chi connectivity index (χ4n) is 0.996. The van der Waals surface area contributed by atoms with Gasteiger partial charge in [-0.1, -0.05) is 0 Å². The van der Waals surface area contributed by atoms with Crippen molar-refractivity contribution in [1.29, 1.82) is 0 Å². The SMILES string of the molecule is CNc1ccc(C(=O)NC(C)(C)C)s1.Cl. The monoisotopic (exact) mass is 248 g/mol. The van der Waals surface area contributed by atoms with E-state index in [1.807, 2.05) is 40.0 Å². The average Bonchev–Trinajstić information content (AvgIpc) is 2.48. The van der Waals surface area contributed by atoms with E-state index in [1.54, 1.807) is 0 Å². The molecule has 0 saturated heterocycles. The van der Waals surface area contributed by atoms with Gasteiger partial charge in [0.05, 0.1) is 9.88 Å². The Hall–Kier alpha value is -0.740. The molecular formula is C10H17ClN2OS. The summed E-state index contributed by atoms with van der Waals surface area (Å²) in [6.45, 7) is 5.91. The predicted octanol–water partition coefficient (Wildman–Crippen LogP) is 2.74. The van der Waals surface area contributed by atoms with Crippen LogP contribution >= 0.6 is 23.7 Å². The zero-order chi connectivity index (χ0) is 10.8. The molecule has 0 atom stereocenters. The Kier molecular flexibility index (Phi) is 5.11. The molecule has 1 heterocycles. The van der Waals surface area contributed by atoms with Gasteiger partial charge in [-0.3, -0.25) is 4.79 Å². The lowest BCUT2D eigenvalue weighted by molar-refractivity contribution is 0.0924. The number of halogens is 1. The van der Waals surface area contributed by atoms with Crippen LogP contribution in [0.1, 0.15) is 30.4 Å². The van der Waals surface area contributed by atoms with Gasteiger partial charge in [-0.15, -0.1) is 23.7 Å². The quantitative estimate of drug-likeness (QED) is 0.845. The molecule has 2 N–H and O–H groups in total. The third-order valence-corrected chi connectivity index (χ3v) is 2.67. The highest BCUT2D eigenvalue weighted by atomic mass is 35.5. The van der Waals surface area contributed by atoms with Crippen molar-refractivity contribution in [2.75, 3.05) is 12.4 Å². The van der Waals surface area contributed by atoms with Gasteiger partial charge in [-0.2, -0.15) is 0 Å². The van der Waals surface area contributed by atoms with Crippen LogP contribution in [0.3, 0.4) is 0 Å². The average molecular weight is 249 g/mol. The van der Waals surface area contributed by atoms with Crippen molar-refractivity contribution in [3.63, 3.8) is 0 Å². The Morgan fingerprint density at radius 3 is 2.33 bits per heavy atom. The molecule has 0 saturated carbocycles. The second-order valence-electron chi connectivity index (χ2n) is 4.12. The molecule has 5 heteroatoms. The molecule has 0 fully saturated rings. The first-order chi connectivity index (χ1) is 6.42. The van der Waals surface area contributed by atoms with E-state index < -0.39 is 0 Å². The molecular weight excluding hydrogens is 232 g/mol. The zero-order valence-corrected chi connectivity index (χ0v) is 11.0. The summed E-state index contributed by atoms with van der Waals surface area (Å²) in [6.07, 6.45) is 0. The lowest BCUT2D eigenvalue weighted by Gasteiger charge is -2.19. The van der Waals surface area contributed by atoms with E-state index in [1.165, 1.54) is 11.3 Å². The van der Waals surface area contributed by atoms with Gasteiger partial charge in [0.25, 0.3) is 5.91 Å². The van der Waals surface area contributed by atoms with Crippen LogP contribution in [0.25, 0.3) is 0 Å². The number of hydrogen-bond donors (Lipinski definition) is 2. The van der Waals surface area contributed by atoms with E-state index in [-0.39, 0.29) is 23.9 Å². The molecule has 1 rings (SSSR count). The number of carbonyl (C=O) groups excluding carboxylic acids is 1. The third kappa shape index (κ3) is 4.53. The van der Waals surface area contributed by atoms with Gasteiger partial charge in [0.15, 0.2) is 0 Å². The maximum absolute atomic E-state index is 11.7. The van der Waals surface area contributed by atoms with Crippen molar-refractivity contribution >= 4 is 34.7 Å². The van der Waals surface area contributed by atoms with Crippen LogP contribution in [-0.2, 0) is 0 Å². The molecule has 0 aliphatic carbocycles. The van der Waals surface area contributed by atoms with Crippen LogP contribution in [0.5, 0.6) is 0 Å². The summed E-state index contributed by atoms with van der Waals surface area (Å²) >= 11 is 1.46. The topological polar surface area (TPSA) is 41.1 Å². The Balaban J connectivity index is 0.00000196. The van der Waals surface area contributed by atoms with Gasteiger partial charge in [0.2, 0.25) is 0 Å². The van der Waals surface area contributed by atoms with Gasteiger partial charge in [-0.25, -0.2) is 0 Å². The second-order valence-corrected chi connectivity index (χ2v) is 5.20. The molecule has 3 nitrogen and oxygen atoms in total. The number of nitrogens with one attached hydrogen (secondary N) is 2. The Morgan fingerprint density at radius 1 is 1.33 bits per heavy atom. The molecule has 0 spiro atoms. The van der Waals surface area contributed by atoms with Gasteiger partial charge < -0.3 is 10.6 Å². The molecule has 0 aliphatic heterocycles. The Bertz CT molecular complexity index is 330. The maximum atomic E-state index is 11.7. The fraction of sp³-hybridized carbons (Fsp3) is 0.500. The maximum Gasteiger partial charge on any atom is 0.261 e. The van der Waals surface area contributed by atoms with E-state index in [0.29, 0.717) is 0 Å². The van der Waals surface area contributed by atoms with E-state index in [2.05, 4.69) is 10.6 Å². The molecule has 0 aromatic carbocycles. The second kappa shape index (κ2) is 5.37. The van der Waals surface area contributed by atoms with Crippen molar-refractivity contribution < 1.29 is 4.79 Å². The lowest BCUT2D eigenvalue weighted by atomic mass is 10.1. The van der Waals surface area contributed by atoms with Crippen LogP contribution in [0, 0.1) is 0 Å². The molecule has 0 radical (unpaired) electrons. The number of carbonyl (C=O) groups is 1. The minimum absolute atomic E-state index is 0. The molecule has 1 amide bonds. The molecule has 0 aliphatic rings. The first-order valence-corrected chi connectivity index (χ1v) is 5.34. The number of amides is 1. The van der Waals surface area contributed by atoms with Crippen LogP contribution in [-0.4, -0.2) is 18.5 Å². The summed E-state index contributed by atoms with van der Waals surface area (Å²) in [7, 11) is 1.84. The summed E-state index contributed by atoms with van der Waals surface area (Å²) in [4.78, 5) is 12.4. The highest BCUT2D eigenvalue weighted by Gasteiger charge is 2.16. The number of thiophene rings is 1. The van der Waals surface area contributed by atoms with E-state index in [9.17, 15) is 4.79 Å². The van der Waals surface area contributed by atoms with Crippen molar-refractivity contribution in [2.45, 2.75) is 26.3 Å². The van der Waals surface area contributed by atoms with Gasteiger partial charge in [-0.05, 0) is 32.9 Å². The molecule has 86 valence electrons. The largest absolute Gasteiger partial charge is 0.380 e. The predicted molar refractivity (Wildman–Crippen MR) is 68.3 cm³/mol. The molecule has 1 aromatic rings.